The number of nitrogens with zero attached hydrogens (tertiary/aromatic N) is 4. The molecule has 0 aliphatic carbocycles. The Hall–Kier alpha value is -3.59. The Morgan fingerprint density at radius 3 is 2.48 bits per heavy atom. The first kappa shape index (κ1) is 22.6. The summed E-state index contributed by atoms with van der Waals surface area (Å²) in [6.45, 7) is 5.04. The zero-order chi connectivity index (χ0) is 23.2. The van der Waals surface area contributed by atoms with Crippen molar-refractivity contribution in [2.75, 3.05) is 49.5 Å². The van der Waals surface area contributed by atoms with E-state index in [4.69, 9.17) is 16.6 Å². The van der Waals surface area contributed by atoms with Crippen molar-refractivity contribution in [1.29, 1.82) is 0 Å². The lowest BCUT2D eigenvalue weighted by molar-refractivity contribution is -0.118. The van der Waals surface area contributed by atoms with Gasteiger partial charge in [0.05, 0.1) is 0 Å². The molecule has 4 rings (SSSR count). The predicted octanol–water partition coefficient (Wildman–Crippen LogP) is 2.64. The van der Waals surface area contributed by atoms with Crippen LogP contribution in [0.15, 0.2) is 48.7 Å². The van der Waals surface area contributed by atoms with E-state index in [-0.39, 0.29) is 11.8 Å². The normalized spacial score (nSPS) is 13.6. The maximum absolute atomic E-state index is 12.6. The van der Waals surface area contributed by atoms with Crippen LogP contribution in [-0.2, 0) is 4.79 Å². The van der Waals surface area contributed by atoms with Crippen molar-refractivity contribution in [2.45, 2.75) is 6.92 Å². The molecule has 1 saturated heterocycles. The van der Waals surface area contributed by atoms with Crippen molar-refractivity contribution < 1.29 is 9.59 Å². The largest absolute Gasteiger partial charge is 0.368 e. The molecule has 3 heterocycles. The molecule has 0 spiro atoms. The fourth-order valence-electron chi connectivity index (χ4n) is 3.62. The van der Waals surface area contributed by atoms with E-state index in [1.54, 1.807) is 12.3 Å². The second-order valence-corrected chi connectivity index (χ2v) is 8.15. The smallest absolute Gasteiger partial charge is 0.270 e. The van der Waals surface area contributed by atoms with Crippen LogP contribution in [0.2, 0.25) is 5.02 Å². The summed E-state index contributed by atoms with van der Waals surface area (Å²) in [5.41, 5.74) is 1.45. The third-order valence-corrected chi connectivity index (χ3v) is 5.59. The van der Waals surface area contributed by atoms with Crippen LogP contribution >= 0.6 is 11.6 Å². The van der Waals surface area contributed by atoms with Crippen molar-refractivity contribution in [3.05, 3.63) is 59.4 Å². The number of carbonyl (C=O) groups is 2. The second-order valence-electron chi connectivity index (χ2n) is 7.71. The van der Waals surface area contributed by atoms with Crippen molar-refractivity contribution in [2.24, 2.45) is 0 Å². The fraction of sp³-hybridized carbons (Fsp3) is 0.304. The molecule has 0 unspecified atom stereocenters. The average Bonchev–Trinajstić information content (AvgIpc) is 3.37. The molecule has 1 aliphatic rings. The summed E-state index contributed by atoms with van der Waals surface area (Å²) in [5, 5.41) is 6.67. The number of piperazine rings is 1. The minimum Gasteiger partial charge on any atom is -0.368 e. The van der Waals surface area contributed by atoms with E-state index in [0.29, 0.717) is 61.6 Å². The van der Waals surface area contributed by atoms with Crippen LogP contribution in [0.5, 0.6) is 0 Å². The summed E-state index contributed by atoms with van der Waals surface area (Å²) in [6.07, 6.45) is 1.75. The second kappa shape index (κ2) is 10.4. The number of benzene rings is 1. The maximum Gasteiger partial charge on any atom is 0.270 e. The van der Waals surface area contributed by atoms with Gasteiger partial charge in [0, 0.05) is 69.0 Å². The van der Waals surface area contributed by atoms with Gasteiger partial charge in [0.2, 0.25) is 5.91 Å². The number of anilines is 2. The SMILES string of the molecule is CC(=O)NCCNc1cc(N2CCN(C(=O)c3ccc[nH]3)CC2)nc(-c2ccc(Cl)cc2)n1. The number of nitrogens with one attached hydrogen (secondary N) is 3. The Labute approximate surface area is 197 Å². The summed E-state index contributed by atoms with van der Waals surface area (Å²) in [7, 11) is 0. The third kappa shape index (κ3) is 5.81. The Bertz CT molecular complexity index is 1090. The number of rotatable bonds is 7. The monoisotopic (exact) mass is 467 g/mol. The Morgan fingerprint density at radius 1 is 1.06 bits per heavy atom. The molecule has 0 atom stereocenters. The predicted molar refractivity (Wildman–Crippen MR) is 129 cm³/mol. The van der Waals surface area contributed by atoms with Crippen molar-refractivity contribution >= 4 is 35.1 Å². The number of aromatic nitrogens is 3. The summed E-state index contributed by atoms with van der Waals surface area (Å²) in [5.74, 6) is 1.96. The molecule has 33 heavy (non-hydrogen) atoms. The Morgan fingerprint density at radius 2 is 1.82 bits per heavy atom. The molecule has 0 bridgehead atoms. The van der Waals surface area contributed by atoms with Gasteiger partial charge in [0.25, 0.3) is 5.91 Å². The maximum atomic E-state index is 12.6. The van der Waals surface area contributed by atoms with Crippen LogP contribution in [0, 0.1) is 0 Å². The van der Waals surface area contributed by atoms with E-state index >= 15 is 0 Å². The van der Waals surface area contributed by atoms with Gasteiger partial charge in [-0.05, 0) is 36.4 Å². The number of amides is 2. The Balaban J connectivity index is 1.50. The fourth-order valence-corrected chi connectivity index (χ4v) is 3.74. The topological polar surface area (TPSA) is 106 Å². The van der Waals surface area contributed by atoms with E-state index in [2.05, 4.69) is 25.5 Å². The molecule has 10 heteroatoms. The number of H-pyrrole nitrogens is 1. The van der Waals surface area contributed by atoms with Crippen LogP contribution in [0.4, 0.5) is 11.6 Å². The lowest BCUT2D eigenvalue weighted by Crippen LogP contribution is -2.49. The number of hydrogen-bond acceptors (Lipinski definition) is 6. The highest BCUT2D eigenvalue weighted by Gasteiger charge is 2.24. The molecule has 0 radical (unpaired) electrons. The van der Waals surface area contributed by atoms with Gasteiger partial charge in [-0.25, -0.2) is 9.97 Å². The minimum atomic E-state index is -0.0752. The molecule has 0 saturated carbocycles. The summed E-state index contributed by atoms with van der Waals surface area (Å²) in [6, 6.07) is 12.9. The van der Waals surface area contributed by atoms with Crippen molar-refractivity contribution in [1.82, 2.24) is 25.2 Å². The first-order valence-corrected chi connectivity index (χ1v) is 11.2. The van der Waals surface area contributed by atoms with E-state index < -0.39 is 0 Å². The van der Waals surface area contributed by atoms with Crippen LogP contribution in [-0.4, -0.2) is 70.9 Å². The van der Waals surface area contributed by atoms with E-state index in [0.717, 1.165) is 11.4 Å². The summed E-state index contributed by atoms with van der Waals surface area (Å²) >= 11 is 6.04. The van der Waals surface area contributed by atoms with Crippen LogP contribution in [0.25, 0.3) is 11.4 Å². The lowest BCUT2D eigenvalue weighted by atomic mass is 10.2. The van der Waals surface area contributed by atoms with E-state index in [9.17, 15) is 9.59 Å². The van der Waals surface area contributed by atoms with Crippen LogP contribution in [0.1, 0.15) is 17.4 Å². The average molecular weight is 468 g/mol. The van der Waals surface area contributed by atoms with E-state index in [1.807, 2.05) is 41.3 Å². The van der Waals surface area contributed by atoms with Crippen LogP contribution in [0.3, 0.4) is 0 Å². The molecule has 3 N–H and O–H groups in total. The summed E-state index contributed by atoms with van der Waals surface area (Å²) < 4.78 is 0. The highest BCUT2D eigenvalue weighted by molar-refractivity contribution is 6.30. The van der Waals surface area contributed by atoms with E-state index in [1.165, 1.54) is 6.92 Å². The molecule has 2 aromatic heterocycles. The van der Waals surface area contributed by atoms with Crippen LogP contribution < -0.4 is 15.5 Å². The zero-order valence-corrected chi connectivity index (χ0v) is 19.1. The van der Waals surface area contributed by atoms with Gasteiger partial charge >= 0.3 is 0 Å². The number of carbonyl (C=O) groups excluding carboxylic acids is 2. The molecular formula is C23H26ClN7O2. The molecule has 3 aromatic rings. The van der Waals surface area contributed by atoms with Gasteiger partial charge < -0.3 is 25.4 Å². The van der Waals surface area contributed by atoms with Gasteiger partial charge in [-0.1, -0.05) is 11.6 Å². The molecule has 1 aromatic carbocycles. The number of halogens is 1. The van der Waals surface area contributed by atoms with Gasteiger partial charge in [-0.15, -0.1) is 0 Å². The molecule has 1 aliphatic heterocycles. The number of aromatic amines is 1. The third-order valence-electron chi connectivity index (χ3n) is 5.34. The van der Waals surface area contributed by atoms with Gasteiger partial charge in [-0.2, -0.15) is 0 Å². The molecule has 172 valence electrons. The standard InChI is InChI=1S/C23H26ClN7O2/c1-16(32)25-9-10-27-20-15-21(29-22(28-20)17-4-6-18(24)7-5-17)30-11-13-31(14-12-30)23(33)19-3-2-8-26-19/h2-8,15,26H,9-14H2,1H3,(H,25,32)(H,27,28,29). The van der Waals surface area contributed by atoms with Gasteiger partial charge in [0.1, 0.15) is 17.3 Å². The minimum absolute atomic E-state index is 0.00418. The van der Waals surface area contributed by atoms with Crippen molar-refractivity contribution in [3.63, 3.8) is 0 Å². The zero-order valence-electron chi connectivity index (χ0n) is 18.3. The Kier molecular flexibility index (Phi) is 7.09. The first-order chi connectivity index (χ1) is 16.0. The quantitative estimate of drug-likeness (QED) is 0.461. The molecular weight excluding hydrogens is 442 g/mol. The highest BCUT2D eigenvalue weighted by atomic mass is 35.5. The molecule has 9 nitrogen and oxygen atoms in total. The lowest BCUT2D eigenvalue weighted by Gasteiger charge is -2.35. The van der Waals surface area contributed by atoms with Gasteiger partial charge in [0.15, 0.2) is 5.82 Å². The van der Waals surface area contributed by atoms with Crippen molar-refractivity contribution in [3.8, 4) is 11.4 Å². The molecule has 1 fully saturated rings. The number of hydrogen-bond donors (Lipinski definition) is 3. The first-order valence-electron chi connectivity index (χ1n) is 10.8. The summed E-state index contributed by atoms with van der Waals surface area (Å²) in [4.78, 5) is 40.1. The highest BCUT2D eigenvalue weighted by Crippen LogP contribution is 2.25. The molecule has 2 amide bonds. The van der Waals surface area contributed by atoms with Gasteiger partial charge in [-0.3, -0.25) is 9.59 Å².